The maximum atomic E-state index is 13.0. The van der Waals surface area contributed by atoms with E-state index >= 15 is 0 Å². The number of hydrogen-bond acceptors (Lipinski definition) is 4. The quantitative estimate of drug-likeness (QED) is 0.741. The number of unbranched alkanes of at least 4 members (excludes halogenated alkanes) is 1. The molecule has 0 bridgehead atoms. The fourth-order valence-electron chi connectivity index (χ4n) is 4.35. The molecule has 138 valence electrons. The largest absolute Gasteiger partial charge is 0.381 e. The van der Waals surface area contributed by atoms with Gasteiger partial charge in [0.2, 0.25) is 5.91 Å². The Labute approximate surface area is 147 Å². The molecule has 5 heteroatoms. The maximum Gasteiger partial charge on any atom is 0.240 e. The van der Waals surface area contributed by atoms with Gasteiger partial charge in [0.25, 0.3) is 0 Å². The van der Waals surface area contributed by atoms with Crippen molar-refractivity contribution >= 4 is 5.91 Å². The molecule has 2 atom stereocenters. The van der Waals surface area contributed by atoms with Gasteiger partial charge in [-0.2, -0.15) is 0 Å². The van der Waals surface area contributed by atoms with Gasteiger partial charge in [0.1, 0.15) is 0 Å². The standard InChI is InChI=1S/C19H35N3O2/c1-2-3-8-21-9-5-4-6-18(21)19(23)22-12-10-20(11-13-22)15-17-7-14-24-16-17/h17-18H,2-16H2,1H3/t17-,18+/m1/s1. The van der Waals surface area contributed by atoms with Gasteiger partial charge in [0.15, 0.2) is 0 Å². The normalized spacial score (nSPS) is 30.0. The topological polar surface area (TPSA) is 36.0 Å². The van der Waals surface area contributed by atoms with Crippen molar-refractivity contribution in [3.63, 3.8) is 0 Å². The van der Waals surface area contributed by atoms with Crippen LogP contribution in [0.5, 0.6) is 0 Å². The average molecular weight is 338 g/mol. The minimum absolute atomic E-state index is 0.153. The first kappa shape index (κ1) is 18.2. The summed E-state index contributed by atoms with van der Waals surface area (Å²) < 4.78 is 5.48. The van der Waals surface area contributed by atoms with Crippen LogP contribution >= 0.6 is 0 Å². The molecule has 24 heavy (non-hydrogen) atoms. The van der Waals surface area contributed by atoms with Crippen LogP contribution in [0.1, 0.15) is 45.4 Å². The summed E-state index contributed by atoms with van der Waals surface area (Å²) >= 11 is 0. The van der Waals surface area contributed by atoms with Crippen molar-refractivity contribution in [1.29, 1.82) is 0 Å². The lowest BCUT2D eigenvalue weighted by Crippen LogP contribution is -2.56. The Morgan fingerprint density at radius 1 is 1.08 bits per heavy atom. The van der Waals surface area contributed by atoms with Crippen LogP contribution in [0.3, 0.4) is 0 Å². The van der Waals surface area contributed by atoms with E-state index in [9.17, 15) is 4.79 Å². The van der Waals surface area contributed by atoms with Crippen molar-refractivity contribution in [2.24, 2.45) is 5.92 Å². The first-order valence-corrected chi connectivity index (χ1v) is 10.1. The second-order valence-electron chi connectivity index (χ2n) is 7.76. The molecule has 0 spiro atoms. The molecule has 3 fully saturated rings. The van der Waals surface area contributed by atoms with E-state index in [4.69, 9.17) is 4.74 Å². The lowest BCUT2D eigenvalue weighted by molar-refractivity contribution is -0.140. The van der Waals surface area contributed by atoms with Gasteiger partial charge < -0.3 is 9.64 Å². The summed E-state index contributed by atoms with van der Waals surface area (Å²) in [5, 5.41) is 0. The third kappa shape index (κ3) is 4.70. The number of amides is 1. The third-order valence-corrected chi connectivity index (χ3v) is 5.92. The van der Waals surface area contributed by atoms with Gasteiger partial charge in [-0.1, -0.05) is 19.8 Å². The Morgan fingerprint density at radius 3 is 2.62 bits per heavy atom. The van der Waals surface area contributed by atoms with Crippen LogP contribution in [0.2, 0.25) is 0 Å². The number of ether oxygens (including phenoxy) is 1. The Kier molecular flexibility index (Phi) is 6.93. The molecule has 0 aromatic heterocycles. The molecular weight excluding hydrogens is 302 g/mol. The fourth-order valence-corrected chi connectivity index (χ4v) is 4.35. The second-order valence-corrected chi connectivity index (χ2v) is 7.76. The highest BCUT2D eigenvalue weighted by atomic mass is 16.5. The number of piperidine rings is 1. The molecule has 0 N–H and O–H groups in total. The van der Waals surface area contributed by atoms with Gasteiger partial charge in [-0.05, 0) is 44.7 Å². The van der Waals surface area contributed by atoms with Crippen LogP contribution < -0.4 is 0 Å². The molecule has 3 aliphatic heterocycles. The molecule has 0 aromatic carbocycles. The van der Waals surface area contributed by atoms with Crippen molar-refractivity contribution in [3.05, 3.63) is 0 Å². The fraction of sp³-hybridized carbons (Fsp3) is 0.947. The molecule has 3 aliphatic rings. The van der Waals surface area contributed by atoms with E-state index in [1.54, 1.807) is 0 Å². The predicted molar refractivity (Wildman–Crippen MR) is 96.1 cm³/mol. The minimum atomic E-state index is 0.153. The van der Waals surface area contributed by atoms with Gasteiger partial charge >= 0.3 is 0 Å². The summed E-state index contributed by atoms with van der Waals surface area (Å²) in [4.78, 5) is 20.1. The summed E-state index contributed by atoms with van der Waals surface area (Å²) in [6.07, 6.45) is 7.14. The highest BCUT2D eigenvalue weighted by Gasteiger charge is 2.33. The molecular formula is C19H35N3O2. The van der Waals surface area contributed by atoms with Crippen molar-refractivity contribution < 1.29 is 9.53 Å². The first-order chi connectivity index (χ1) is 11.8. The number of likely N-dealkylation sites (tertiary alicyclic amines) is 1. The number of carbonyl (C=O) groups excluding carboxylic acids is 1. The van der Waals surface area contributed by atoms with Gasteiger partial charge in [0.05, 0.1) is 12.6 Å². The monoisotopic (exact) mass is 337 g/mol. The number of carbonyl (C=O) groups is 1. The van der Waals surface area contributed by atoms with E-state index in [-0.39, 0.29) is 6.04 Å². The molecule has 5 nitrogen and oxygen atoms in total. The Morgan fingerprint density at radius 2 is 1.92 bits per heavy atom. The van der Waals surface area contributed by atoms with Crippen molar-refractivity contribution in [2.75, 3.05) is 59.0 Å². The van der Waals surface area contributed by atoms with E-state index in [0.717, 1.165) is 65.4 Å². The van der Waals surface area contributed by atoms with Crippen molar-refractivity contribution in [1.82, 2.24) is 14.7 Å². The zero-order valence-electron chi connectivity index (χ0n) is 15.4. The van der Waals surface area contributed by atoms with Crippen molar-refractivity contribution in [2.45, 2.75) is 51.5 Å². The molecule has 3 saturated heterocycles. The zero-order valence-corrected chi connectivity index (χ0v) is 15.4. The average Bonchev–Trinajstić information content (AvgIpc) is 3.13. The van der Waals surface area contributed by atoms with E-state index in [2.05, 4.69) is 21.6 Å². The van der Waals surface area contributed by atoms with Crippen LogP contribution in [0, 0.1) is 5.92 Å². The van der Waals surface area contributed by atoms with Gasteiger partial charge in [0, 0.05) is 39.3 Å². The highest BCUT2D eigenvalue weighted by Crippen LogP contribution is 2.21. The molecule has 0 radical (unpaired) electrons. The molecule has 3 heterocycles. The van der Waals surface area contributed by atoms with Gasteiger partial charge in [-0.15, -0.1) is 0 Å². The minimum Gasteiger partial charge on any atom is -0.381 e. The number of nitrogens with zero attached hydrogens (tertiary/aromatic N) is 3. The summed E-state index contributed by atoms with van der Waals surface area (Å²) in [7, 11) is 0. The van der Waals surface area contributed by atoms with Crippen LogP contribution in [0.15, 0.2) is 0 Å². The summed E-state index contributed by atoms with van der Waals surface area (Å²) in [6, 6.07) is 0.153. The number of piperazine rings is 1. The van der Waals surface area contributed by atoms with Crippen LogP contribution in [-0.4, -0.2) is 85.7 Å². The van der Waals surface area contributed by atoms with Crippen LogP contribution in [0.4, 0.5) is 0 Å². The highest BCUT2D eigenvalue weighted by molar-refractivity contribution is 5.82. The molecule has 1 amide bonds. The van der Waals surface area contributed by atoms with Gasteiger partial charge in [-0.25, -0.2) is 0 Å². The first-order valence-electron chi connectivity index (χ1n) is 10.1. The van der Waals surface area contributed by atoms with Crippen molar-refractivity contribution in [3.8, 4) is 0 Å². The molecule has 0 aliphatic carbocycles. The van der Waals surface area contributed by atoms with E-state index in [1.165, 1.54) is 32.1 Å². The molecule has 3 rings (SSSR count). The lowest BCUT2D eigenvalue weighted by atomic mass is 10.00. The number of rotatable bonds is 6. The SMILES string of the molecule is CCCCN1CCCC[C@H]1C(=O)N1CCN(C[C@H]2CCOC2)CC1. The number of hydrogen-bond donors (Lipinski definition) is 0. The Balaban J connectivity index is 1.46. The van der Waals surface area contributed by atoms with E-state index in [1.807, 2.05) is 0 Å². The Hall–Kier alpha value is -0.650. The summed E-state index contributed by atoms with van der Waals surface area (Å²) in [5.41, 5.74) is 0. The smallest absolute Gasteiger partial charge is 0.240 e. The molecule has 0 aromatic rings. The van der Waals surface area contributed by atoms with Gasteiger partial charge in [-0.3, -0.25) is 14.6 Å². The summed E-state index contributed by atoms with van der Waals surface area (Å²) in [6.45, 7) is 11.3. The molecule has 0 unspecified atom stereocenters. The van der Waals surface area contributed by atoms with E-state index in [0.29, 0.717) is 11.8 Å². The maximum absolute atomic E-state index is 13.0. The zero-order chi connectivity index (χ0) is 16.8. The lowest BCUT2D eigenvalue weighted by Gasteiger charge is -2.41. The Bertz CT molecular complexity index is 390. The second kappa shape index (κ2) is 9.16. The van der Waals surface area contributed by atoms with Crippen LogP contribution in [-0.2, 0) is 9.53 Å². The predicted octanol–water partition coefficient (Wildman–Crippen LogP) is 1.82. The van der Waals surface area contributed by atoms with E-state index < -0.39 is 0 Å². The summed E-state index contributed by atoms with van der Waals surface area (Å²) in [5.74, 6) is 1.10. The van der Waals surface area contributed by atoms with Crippen LogP contribution in [0.25, 0.3) is 0 Å². The third-order valence-electron chi connectivity index (χ3n) is 5.92. The molecule has 0 saturated carbocycles.